The molecule has 2 N–H and O–H groups in total. The maximum Gasteiger partial charge on any atom is 0.146 e. The molecule has 5 heteroatoms. The minimum atomic E-state index is 0.472. The van der Waals surface area contributed by atoms with Gasteiger partial charge in [-0.15, -0.1) is 0 Å². The molecule has 84 valence electrons. The lowest BCUT2D eigenvalue weighted by Gasteiger charge is -2.08. The number of nitrogens with two attached hydrogens (primary N) is 1. The van der Waals surface area contributed by atoms with E-state index < -0.39 is 0 Å². The predicted octanol–water partition coefficient (Wildman–Crippen LogP) is 2.33. The van der Waals surface area contributed by atoms with Crippen molar-refractivity contribution in [2.75, 3.05) is 12.8 Å². The average Bonchev–Trinajstić information content (AvgIpc) is 2.57. The molecule has 0 radical (unpaired) electrons. The normalized spacial score (nSPS) is 10.4. The smallest absolute Gasteiger partial charge is 0.146 e. The van der Waals surface area contributed by atoms with E-state index in [1.165, 1.54) is 0 Å². The Bertz CT molecular complexity index is 522. The van der Waals surface area contributed by atoms with Crippen molar-refractivity contribution in [1.29, 1.82) is 0 Å². The fourth-order valence-corrected chi connectivity index (χ4v) is 1.79. The molecule has 1 aromatic carbocycles. The van der Waals surface area contributed by atoms with Crippen molar-refractivity contribution in [2.45, 2.75) is 0 Å². The number of aromatic nitrogens is 2. The van der Waals surface area contributed by atoms with Gasteiger partial charge in [0.1, 0.15) is 11.6 Å². The highest BCUT2D eigenvalue weighted by Crippen LogP contribution is 2.32. The highest BCUT2D eigenvalue weighted by atomic mass is 35.5. The molecule has 0 aliphatic carbocycles. The Morgan fingerprint density at radius 3 is 2.69 bits per heavy atom. The Kier molecular flexibility index (Phi) is 2.75. The molecule has 0 spiro atoms. The van der Waals surface area contributed by atoms with Crippen LogP contribution in [-0.2, 0) is 7.05 Å². The van der Waals surface area contributed by atoms with E-state index in [4.69, 9.17) is 22.1 Å². The summed E-state index contributed by atoms with van der Waals surface area (Å²) in [5, 5.41) is 4.74. The zero-order valence-electron chi connectivity index (χ0n) is 9.07. The first kappa shape index (κ1) is 10.8. The van der Waals surface area contributed by atoms with E-state index in [1.54, 1.807) is 23.9 Å². The summed E-state index contributed by atoms with van der Waals surface area (Å²) in [5.74, 6) is 1.21. The second-order valence-corrected chi connectivity index (χ2v) is 3.86. The summed E-state index contributed by atoms with van der Waals surface area (Å²) < 4.78 is 6.98. The van der Waals surface area contributed by atoms with Crippen molar-refractivity contribution in [1.82, 2.24) is 9.78 Å². The van der Waals surface area contributed by atoms with E-state index in [0.717, 1.165) is 17.0 Å². The largest absolute Gasteiger partial charge is 0.496 e. The summed E-state index contributed by atoms with van der Waals surface area (Å²) in [4.78, 5) is 0. The van der Waals surface area contributed by atoms with Crippen molar-refractivity contribution in [3.63, 3.8) is 0 Å². The molecule has 4 nitrogen and oxygen atoms in total. The number of anilines is 1. The Hall–Kier alpha value is -1.68. The summed E-state index contributed by atoms with van der Waals surface area (Å²) in [6, 6.07) is 7.22. The monoisotopic (exact) mass is 237 g/mol. The second-order valence-electron chi connectivity index (χ2n) is 3.42. The Balaban J connectivity index is 2.62. The summed E-state index contributed by atoms with van der Waals surface area (Å²) in [6.45, 7) is 0. The van der Waals surface area contributed by atoms with Gasteiger partial charge in [0.15, 0.2) is 0 Å². The average molecular weight is 238 g/mol. The molecule has 2 rings (SSSR count). The van der Waals surface area contributed by atoms with Gasteiger partial charge in [0.25, 0.3) is 0 Å². The Morgan fingerprint density at radius 1 is 1.38 bits per heavy atom. The number of nitrogen functional groups attached to an aromatic ring is 1. The zero-order chi connectivity index (χ0) is 11.7. The first-order chi connectivity index (χ1) is 7.61. The van der Waals surface area contributed by atoms with Gasteiger partial charge in [0.2, 0.25) is 0 Å². The van der Waals surface area contributed by atoms with Gasteiger partial charge in [-0.3, -0.25) is 4.68 Å². The van der Waals surface area contributed by atoms with Gasteiger partial charge in [-0.05, 0) is 18.2 Å². The molecule has 1 aromatic heterocycles. The van der Waals surface area contributed by atoms with Crippen LogP contribution >= 0.6 is 11.6 Å². The van der Waals surface area contributed by atoms with Crippen molar-refractivity contribution in [3.8, 4) is 17.0 Å². The lowest BCUT2D eigenvalue weighted by atomic mass is 10.1. The molecule has 0 unspecified atom stereocenters. The van der Waals surface area contributed by atoms with Crippen LogP contribution in [-0.4, -0.2) is 16.9 Å². The fraction of sp³-hybridized carbons (Fsp3) is 0.182. The summed E-state index contributed by atoms with van der Waals surface area (Å²) in [7, 11) is 3.44. The van der Waals surface area contributed by atoms with Crippen LogP contribution in [0.15, 0.2) is 24.3 Å². The Labute approximate surface area is 98.6 Å². The number of halogens is 1. The van der Waals surface area contributed by atoms with Crippen molar-refractivity contribution in [3.05, 3.63) is 29.3 Å². The zero-order valence-corrected chi connectivity index (χ0v) is 9.82. The number of nitrogens with zero attached hydrogens (tertiary/aromatic N) is 2. The molecule has 0 aliphatic rings. The maximum absolute atomic E-state index is 5.97. The van der Waals surface area contributed by atoms with Gasteiger partial charge in [-0.1, -0.05) is 11.6 Å². The quantitative estimate of drug-likeness (QED) is 0.872. The molecule has 2 aromatic rings. The number of hydrogen-bond acceptors (Lipinski definition) is 3. The second kappa shape index (κ2) is 4.06. The first-order valence-electron chi connectivity index (χ1n) is 4.75. The van der Waals surface area contributed by atoms with Crippen molar-refractivity contribution in [2.24, 2.45) is 7.05 Å². The molecular formula is C11H12ClN3O. The van der Waals surface area contributed by atoms with Gasteiger partial charge in [-0.2, -0.15) is 5.10 Å². The molecule has 0 fully saturated rings. The van der Waals surface area contributed by atoms with Crippen LogP contribution in [0.1, 0.15) is 0 Å². The van der Waals surface area contributed by atoms with Crippen molar-refractivity contribution < 1.29 is 4.74 Å². The molecule has 0 atom stereocenters. The van der Waals surface area contributed by atoms with Crippen LogP contribution in [0, 0.1) is 0 Å². The van der Waals surface area contributed by atoms with E-state index in [1.807, 2.05) is 19.2 Å². The van der Waals surface area contributed by atoms with Gasteiger partial charge in [-0.25, -0.2) is 0 Å². The fourth-order valence-electron chi connectivity index (χ4n) is 1.62. The third kappa shape index (κ3) is 1.84. The minimum absolute atomic E-state index is 0.472. The van der Waals surface area contributed by atoms with E-state index >= 15 is 0 Å². The van der Waals surface area contributed by atoms with E-state index in [9.17, 15) is 0 Å². The lowest BCUT2D eigenvalue weighted by molar-refractivity contribution is 0.416. The van der Waals surface area contributed by atoms with Gasteiger partial charge in [0, 0.05) is 23.7 Å². The molecule has 0 saturated carbocycles. The number of rotatable bonds is 2. The Morgan fingerprint density at radius 2 is 2.12 bits per heavy atom. The standard InChI is InChI=1S/C11H12ClN3O/c1-15-9(6-11(13)14-15)8-5-7(12)3-4-10(8)16-2/h3-6H,1-2H3,(H2,13,14). The first-order valence-corrected chi connectivity index (χ1v) is 5.13. The number of benzene rings is 1. The molecule has 16 heavy (non-hydrogen) atoms. The van der Waals surface area contributed by atoms with Crippen LogP contribution in [0.4, 0.5) is 5.82 Å². The molecular weight excluding hydrogens is 226 g/mol. The molecule has 0 saturated heterocycles. The highest BCUT2D eigenvalue weighted by Gasteiger charge is 2.11. The van der Waals surface area contributed by atoms with Gasteiger partial charge in [0.05, 0.1) is 12.8 Å². The predicted molar refractivity (Wildman–Crippen MR) is 64.6 cm³/mol. The number of aryl methyl sites for hydroxylation is 1. The van der Waals surface area contributed by atoms with Gasteiger partial charge >= 0.3 is 0 Å². The maximum atomic E-state index is 5.97. The van der Waals surface area contributed by atoms with Crippen LogP contribution in [0.3, 0.4) is 0 Å². The summed E-state index contributed by atoms with van der Waals surface area (Å²) in [6.07, 6.45) is 0. The number of methoxy groups -OCH3 is 1. The number of hydrogen-bond donors (Lipinski definition) is 1. The third-order valence-corrected chi connectivity index (χ3v) is 2.57. The van der Waals surface area contributed by atoms with E-state index in [0.29, 0.717) is 10.8 Å². The highest BCUT2D eigenvalue weighted by molar-refractivity contribution is 6.30. The molecule has 0 amide bonds. The SMILES string of the molecule is COc1ccc(Cl)cc1-c1cc(N)nn1C. The molecule has 1 heterocycles. The summed E-state index contributed by atoms with van der Waals surface area (Å²) >= 11 is 5.97. The van der Waals surface area contributed by atoms with Gasteiger partial charge < -0.3 is 10.5 Å². The van der Waals surface area contributed by atoms with Crippen molar-refractivity contribution >= 4 is 17.4 Å². The van der Waals surface area contributed by atoms with Crippen LogP contribution in [0.2, 0.25) is 5.02 Å². The third-order valence-electron chi connectivity index (χ3n) is 2.34. The molecule has 0 bridgehead atoms. The minimum Gasteiger partial charge on any atom is -0.496 e. The van der Waals surface area contributed by atoms with E-state index in [2.05, 4.69) is 5.10 Å². The number of ether oxygens (including phenoxy) is 1. The van der Waals surface area contributed by atoms with Crippen LogP contribution < -0.4 is 10.5 Å². The topological polar surface area (TPSA) is 53.1 Å². The van der Waals surface area contributed by atoms with Crippen LogP contribution in [0.25, 0.3) is 11.3 Å². The van der Waals surface area contributed by atoms with E-state index in [-0.39, 0.29) is 0 Å². The summed E-state index contributed by atoms with van der Waals surface area (Å²) in [5.41, 5.74) is 7.39. The lowest BCUT2D eigenvalue weighted by Crippen LogP contribution is -1.96. The molecule has 0 aliphatic heterocycles. The van der Waals surface area contributed by atoms with Crippen LogP contribution in [0.5, 0.6) is 5.75 Å².